The smallest absolute Gasteiger partial charge is 0.274 e. The number of aryl methyl sites for hydroxylation is 1. The van der Waals surface area contributed by atoms with Gasteiger partial charge in [0.15, 0.2) is 10.6 Å². The number of furan rings is 1. The molecule has 4 aromatic rings. The quantitative estimate of drug-likeness (QED) is 0.506. The summed E-state index contributed by atoms with van der Waals surface area (Å²) >= 11 is 1.34. The molecule has 30 heavy (non-hydrogen) atoms. The van der Waals surface area contributed by atoms with Crippen LogP contribution in [0.25, 0.3) is 11.8 Å². The number of thiazole rings is 1. The van der Waals surface area contributed by atoms with Crippen molar-refractivity contribution in [1.82, 2.24) is 4.57 Å². The van der Waals surface area contributed by atoms with E-state index in [2.05, 4.69) is 0 Å². The molecule has 0 saturated heterocycles. The van der Waals surface area contributed by atoms with Crippen molar-refractivity contribution in [2.24, 2.45) is 4.99 Å². The Labute approximate surface area is 175 Å². The van der Waals surface area contributed by atoms with Crippen molar-refractivity contribution in [3.05, 3.63) is 121 Å². The number of rotatable bonds is 3. The molecule has 1 aliphatic rings. The Balaban J connectivity index is 1.71. The minimum absolute atomic E-state index is 0.139. The largest absolute Gasteiger partial charge is 0.463 e. The average molecular weight is 416 g/mol. The highest BCUT2D eigenvalue weighted by Crippen LogP contribution is 2.27. The van der Waals surface area contributed by atoms with Gasteiger partial charge in [0, 0.05) is 0 Å². The van der Waals surface area contributed by atoms with E-state index in [1.807, 2.05) is 49.4 Å². The molecule has 6 heteroatoms. The van der Waals surface area contributed by atoms with Crippen LogP contribution in [0.2, 0.25) is 0 Å². The molecular weight excluding hydrogens is 399 g/mol. The van der Waals surface area contributed by atoms with Crippen LogP contribution in [-0.4, -0.2) is 4.57 Å². The second-order valence-corrected chi connectivity index (χ2v) is 8.11. The van der Waals surface area contributed by atoms with Crippen molar-refractivity contribution in [3.8, 4) is 0 Å². The zero-order valence-electron chi connectivity index (χ0n) is 16.1. The fraction of sp³-hybridized carbons (Fsp3) is 0.0833. The van der Waals surface area contributed by atoms with Crippen molar-refractivity contribution in [2.75, 3.05) is 0 Å². The van der Waals surface area contributed by atoms with Crippen molar-refractivity contribution in [2.45, 2.75) is 13.0 Å². The van der Waals surface area contributed by atoms with Gasteiger partial charge < -0.3 is 4.42 Å². The van der Waals surface area contributed by atoms with Crippen molar-refractivity contribution < 1.29 is 8.81 Å². The van der Waals surface area contributed by atoms with Crippen LogP contribution in [0.4, 0.5) is 4.39 Å². The Morgan fingerprint density at radius 2 is 1.87 bits per heavy atom. The minimum Gasteiger partial charge on any atom is -0.463 e. The molecule has 0 amide bonds. The summed E-state index contributed by atoms with van der Waals surface area (Å²) in [6.45, 7) is 2.03. The number of aromatic nitrogens is 1. The first-order valence-electron chi connectivity index (χ1n) is 9.48. The number of nitrogens with zero attached hydrogens (tertiary/aromatic N) is 2. The lowest BCUT2D eigenvalue weighted by Gasteiger charge is -2.16. The summed E-state index contributed by atoms with van der Waals surface area (Å²) in [5.74, 6) is 0.285. The summed E-state index contributed by atoms with van der Waals surface area (Å²) in [5.41, 5.74) is 3.46. The van der Waals surface area contributed by atoms with E-state index in [9.17, 15) is 9.18 Å². The van der Waals surface area contributed by atoms with E-state index in [0.717, 1.165) is 16.7 Å². The molecule has 0 radical (unpaired) electrons. The second kappa shape index (κ2) is 7.39. The lowest BCUT2D eigenvalue weighted by molar-refractivity contribution is 0.545. The maximum Gasteiger partial charge on any atom is 0.274 e. The summed E-state index contributed by atoms with van der Waals surface area (Å²) in [6.07, 6.45) is 5.33. The van der Waals surface area contributed by atoms with Crippen LogP contribution in [0.15, 0.2) is 87.2 Å². The summed E-state index contributed by atoms with van der Waals surface area (Å²) in [4.78, 5) is 18.6. The van der Waals surface area contributed by atoms with Crippen molar-refractivity contribution >= 4 is 23.1 Å². The van der Waals surface area contributed by atoms with Crippen LogP contribution in [0.3, 0.4) is 0 Å². The maximum absolute atomic E-state index is 13.4. The Morgan fingerprint density at radius 3 is 2.57 bits per heavy atom. The highest BCUT2D eigenvalue weighted by Gasteiger charge is 2.22. The van der Waals surface area contributed by atoms with Gasteiger partial charge in [-0.15, -0.1) is 0 Å². The first kappa shape index (κ1) is 18.5. The van der Waals surface area contributed by atoms with Crippen molar-refractivity contribution in [1.29, 1.82) is 0 Å². The fourth-order valence-corrected chi connectivity index (χ4v) is 4.42. The molecule has 2 aromatic heterocycles. The van der Waals surface area contributed by atoms with Crippen LogP contribution in [-0.2, 0) is 0 Å². The van der Waals surface area contributed by atoms with E-state index >= 15 is 0 Å². The van der Waals surface area contributed by atoms with Crippen LogP contribution in [0.1, 0.15) is 28.5 Å². The molecule has 0 saturated carbocycles. The highest BCUT2D eigenvalue weighted by molar-refractivity contribution is 7.07. The van der Waals surface area contributed by atoms with Crippen molar-refractivity contribution in [3.63, 3.8) is 0 Å². The van der Waals surface area contributed by atoms with E-state index in [4.69, 9.17) is 9.41 Å². The van der Waals surface area contributed by atoms with Gasteiger partial charge in [-0.3, -0.25) is 4.79 Å². The van der Waals surface area contributed by atoms with Gasteiger partial charge in [-0.2, -0.15) is 0 Å². The Hall–Kier alpha value is -3.51. The minimum atomic E-state index is -0.337. The van der Waals surface area contributed by atoms with Gasteiger partial charge in [-0.25, -0.2) is 13.9 Å². The maximum atomic E-state index is 13.4. The van der Waals surface area contributed by atoms with Gasteiger partial charge in [-0.1, -0.05) is 53.3 Å². The van der Waals surface area contributed by atoms with Gasteiger partial charge in [-0.05, 0) is 54.5 Å². The molecule has 0 spiro atoms. The number of hydrogen-bond donors (Lipinski definition) is 0. The number of benzene rings is 2. The van der Waals surface area contributed by atoms with E-state index in [1.54, 1.807) is 29.0 Å². The third-order valence-electron chi connectivity index (χ3n) is 4.97. The molecule has 0 N–H and O–H groups in total. The first-order valence-corrected chi connectivity index (χ1v) is 10.3. The van der Waals surface area contributed by atoms with E-state index in [1.165, 1.54) is 23.5 Å². The SMILES string of the molecule is Cc1ccc(/C=c2/sc3n(c2=O)C(c2ccco2)=CC(c2ccc(F)cc2)N=3)cc1. The van der Waals surface area contributed by atoms with E-state index < -0.39 is 0 Å². The third-order valence-corrected chi connectivity index (χ3v) is 5.96. The molecule has 148 valence electrons. The number of fused-ring (bicyclic) bond motifs is 1. The lowest BCUT2D eigenvalue weighted by atomic mass is 10.0. The zero-order valence-corrected chi connectivity index (χ0v) is 16.9. The molecule has 3 heterocycles. The predicted octanol–water partition coefficient (Wildman–Crippen LogP) is 4.04. The molecule has 4 nitrogen and oxygen atoms in total. The van der Waals surface area contributed by atoms with Gasteiger partial charge in [0.25, 0.3) is 5.56 Å². The summed E-state index contributed by atoms with van der Waals surface area (Å²) in [5, 5.41) is 0. The molecule has 1 unspecified atom stereocenters. The normalized spacial score (nSPS) is 16.1. The summed E-state index contributed by atoms with van der Waals surface area (Å²) < 4.78 is 21.1. The monoisotopic (exact) mass is 416 g/mol. The van der Waals surface area contributed by atoms with Crippen LogP contribution >= 0.6 is 11.3 Å². The van der Waals surface area contributed by atoms with Gasteiger partial charge in [0.05, 0.1) is 22.5 Å². The van der Waals surface area contributed by atoms with Gasteiger partial charge in [0.1, 0.15) is 5.82 Å². The third kappa shape index (κ3) is 3.35. The Kier molecular flexibility index (Phi) is 4.56. The molecule has 2 aromatic carbocycles. The Bertz CT molecular complexity index is 1410. The molecule has 1 aliphatic heterocycles. The van der Waals surface area contributed by atoms with Gasteiger partial charge in [0.2, 0.25) is 0 Å². The van der Waals surface area contributed by atoms with Crippen LogP contribution in [0, 0.1) is 12.7 Å². The zero-order chi connectivity index (χ0) is 20.7. The Morgan fingerprint density at radius 1 is 1.10 bits per heavy atom. The molecule has 1 atom stereocenters. The lowest BCUT2D eigenvalue weighted by Crippen LogP contribution is -2.33. The number of halogens is 1. The van der Waals surface area contributed by atoms with E-state index in [0.29, 0.717) is 20.8 Å². The molecule has 5 rings (SSSR count). The highest BCUT2D eigenvalue weighted by atomic mass is 32.1. The molecule has 0 fully saturated rings. The standard InChI is InChI=1S/C24H17FN2O2S/c1-15-4-6-16(7-5-15)13-22-23(28)27-20(21-3-2-12-29-21)14-19(26-24(27)30-22)17-8-10-18(25)11-9-17/h2-14,19H,1H3/b22-13+. The number of hydrogen-bond acceptors (Lipinski definition) is 4. The summed E-state index contributed by atoms with van der Waals surface area (Å²) in [6, 6.07) is 17.5. The van der Waals surface area contributed by atoms with Crippen LogP contribution < -0.4 is 14.9 Å². The average Bonchev–Trinajstić information content (AvgIpc) is 3.39. The second-order valence-electron chi connectivity index (χ2n) is 7.10. The van der Waals surface area contributed by atoms with E-state index in [-0.39, 0.29) is 17.4 Å². The topological polar surface area (TPSA) is 47.5 Å². The first-order chi connectivity index (χ1) is 14.6. The molecule has 0 aliphatic carbocycles. The molecule has 0 bridgehead atoms. The van der Waals surface area contributed by atoms with Gasteiger partial charge >= 0.3 is 0 Å². The molecular formula is C24H17FN2O2S. The van der Waals surface area contributed by atoms with Crippen LogP contribution in [0.5, 0.6) is 0 Å². The summed E-state index contributed by atoms with van der Waals surface area (Å²) in [7, 11) is 0. The fourth-order valence-electron chi connectivity index (χ4n) is 3.41. The predicted molar refractivity (Wildman–Crippen MR) is 115 cm³/mol.